The van der Waals surface area contributed by atoms with Gasteiger partial charge in [0, 0.05) is 32.1 Å². The molecule has 0 spiro atoms. The summed E-state index contributed by atoms with van der Waals surface area (Å²) in [7, 11) is 1.83. The Morgan fingerprint density at radius 1 is 1.32 bits per heavy atom. The molecule has 2 heterocycles. The van der Waals surface area contributed by atoms with E-state index in [1.165, 1.54) is 0 Å². The van der Waals surface area contributed by atoms with Gasteiger partial charge in [0.2, 0.25) is 5.91 Å². The molecule has 0 atom stereocenters. The lowest BCUT2D eigenvalue weighted by molar-refractivity contribution is -0.127. The lowest BCUT2D eigenvalue weighted by atomic mass is 10.2. The summed E-state index contributed by atoms with van der Waals surface area (Å²) in [5.41, 5.74) is 0. The Hall–Kier alpha value is -1.36. The molecule has 19 heavy (non-hydrogen) atoms. The minimum Gasteiger partial charge on any atom is -0.347 e. The first-order valence-electron chi connectivity index (χ1n) is 6.50. The van der Waals surface area contributed by atoms with Crippen molar-refractivity contribution in [2.45, 2.75) is 26.2 Å². The fraction of sp³-hybridized carbons (Fsp3) is 0.615. The van der Waals surface area contributed by atoms with E-state index in [0.29, 0.717) is 17.5 Å². The highest BCUT2D eigenvalue weighted by Gasteiger charge is 2.21. The van der Waals surface area contributed by atoms with E-state index >= 15 is 0 Å². The largest absolute Gasteiger partial charge is 0.347 e. The maximum atomic E-state index is 11.9. The molecule has 1 fully saturated rings. The molecule has 1 saturated heterocycles. The van der Waals surface area contributed by atoms with Crippen LogP contribution in [0.25, 0.3) is 0 Å². The van der Waals surface area contributed by atoms with E-state index in [4.69, 9.17) is 11.6 Å². The van der Waals surface area contributed by atoms with E-state index in [1.54, 1.807) is 11.0 Å². The Bertz CT molecular complexity index is 478. The molecule has 1 aromatic heterocycles. The number of rotatable bonds is 2. The van der Waals surface area contributed by atoms with Crippen LogP contribution < -0.4 is 4.90 Å². The predicted molar refractivity (Wildman–Crippen MR) is 75.6 cm³/mol. The first kappa shape index (κ1) is 14.1. The number of halogens is 1. The van der Waals surface area contributed by atoms with Crippen molar-refractivity contribution in [3.63, 3.8) is 0 Å². The normalized spacial score (nSPS) is 17.0. The van der Waals surface area contributed by atoms with Crippen molar-refractivity contribution in [1.82, 2.24) is 14.9 Å². The standard InChI is InChI=1S/C13H19ClN4O/c1-9(2)13-15-10(14)7-11(16-13)18-6-4-5-17(3)12(19)8-18/h7,9H,4-6,8H2,1-3H3. The van der Waals surface area contributed by atoms with Crippen molar-refractivity contribution in [3.8, 4) is 0 Å². The summed E-state index contributed by atoms with van der Waals surface area (Å²) in [6.45, 7) is 5.99. The van der Waals surface area contributed by atoms with Crippen LogP contribution in [0.1, 0.15) is 32.0 Å². The second kappa shape index (κ2) is 5.74. The lowest BCUT2D eigenvalue weighted by Crippen LogP contribution is -2.34. The number of aromatic nitrogens is 2. The highest BCUT2D eigenvalue weighted by atomic mass is 35.5. The average molecular weight is 283 g/mol. The molecule has 6 heteroatoms. The fourth-order valence-electron chi connectivity index (χ4n) is 2.03. The second-order valence-corrected chi connectivity index (χ2v) is 5.54. The Morgan fingerprint density at radius 2 is 2.05 bits per heavy atom. The smallest absolute Gasteiger partial charge is 0.241 e. The van der Waals surface area contributed by atoms with Gasteiger partial charge in [0.25, 0.3) is 0 Å². The highest BCUT2D eigenvalue weighted by molar-refractivity contribution is 6.29. The molecule has 0 saturated carbocycles. The van der Waals surface area contributed by atoms with Gasteiger partial charge >= 0.3 is 0 Å². The Kier molecular flexibility index (Phi) is 4.24. The number of carbonyl (C=O) groups is 1. The van der Waals surface area contributed by atoms with Gasteiger partial charge in [-0.3, -0.25) is 4.79 Å². The van der Waals surface area contributed by atoms with E-state index in [2.05, 4.69) is 9.97 Å². The zero-order valence-corrected chi connectivity index (χ0v) is 12.3. The van der Waals surface area contributed by atoms with E-state index in [-0.39, 0.29) is 11.8 Å². The summed E-state index contributed by atoms with van der Waals surface area (Å²) >= 11 is 6.05. The first-order chi connectivity index (χ1) is 8.97. The summed E-state index contributed by atoms with van der Waals surface area (Å²) in [4.78, 5) is 24.4. The summed E-state index contributed by atoms with van der Waals surface area (Å²) in [5.74, 6) is 1.78. The van der Waals surface area contributed by atoms with Crippen LogP contribution in [0.2, 0.25) is 5.15 Å². The van der Waals surface area contributed by atoms with Gasteiger partial charge in [0.1, 0.15) is 16.8 Å². The maximum absolute atomic E-state index is 11.9. The number of anilines is 1. The number of likely N-dealkylation sites (N-methyl/N-ethyl adjacent to an activating group) is 1. The Balaban J connectivity index is 2.27. The van der Waals surface area contributed by atoms with Gasteiger partial charge in [-0.2, -0.15) is 0 Å². The van der Waals surface area contributed by atoms with Gasteiger partial charge in [0.05, 0.1) is 6.54 Å². The Labute approximate surface area is 118 Å². The topological polar surface area (TPSA) is 49.3 Å². The molecule has 1 amide bonds. The van der Waals surface area contributed by atoms with Crippen molar-refractivity contribution in [1.29, 1.82) is 0 Å². The molecule has 1 aromatic rings. The van der Waals surface area contributed by atoms with E-state index in [9.17, 15) is 4.79 Å². The third-order valence-electron chi connectivity index (χ3n) is 3.21. The third-order valence-corrected chi connectivity index (χ3v) is 3.41. The molecular weight excluding hydrogens is 264 g/mol. The van der Waals surface area contributed by atoms with Gasteiger partial charge in [-0.15, -0.1) is 0 Å². The molecular formula is C13H19ClN4O. The summed E-state index contributed by atoms with van der Waals surface area (Å²) < 4.78 is 0. The molecule has 0 unspecified atom stereocenters. The quantitative estimate of drug-likeness (QED) is 0.778. The van der Waals surface area contributed by atoms with Crippen LogP contribution in [0.15, 0.2) is 6.07 Å². The van der Waals surface area contributed by atoms with Gasteiger partial charge in [-0.05, 0) is 6.42 Å². The van der Waals surface area contributed by atoms with Crippen molar-refractivity contribution in [2.75, 3.05) is 31.6 Å². The molecule has 1 aliphatic rings. The van der Waals surface area contributed by atoms with Gasteiger partial charge in [-0.1, -0.05) is 25.4 Å². The number of hydrogen-bond acceptors (Lipinski definition) is 4. The molecule has 0 bridgehead atoms. The predicted octanol–water partition coefficient (Wildman–Crippen LogP) is 1.92. The molecule has 0 radical (unpaired) electrons. The minimum absolute atomic E-state index is 0.110. The molecule has 2 rings (SSSR count). The zero-order chi connectivity index (χ0) is 14.0. The minimum atomic E-state index is 0.110. The Morgan fingerprint density at radius 3 is 2.74 bits per heavy atom. The van der Waals surface area contributed by atoms with E-state index < -0.39 is 0 Å². The van der Waals surface area contributed by atoms with E-state index in [1.807, 2.05) is 25.8 Å². The lowest BCUT2D eigenvalue weighted by Gasteiger charge is -2.21. The van der Waals surface area contributed by atoms with Gasteiger partial charge in [-0.25, -0.2) is 9.97 Å². The SMILES string of the molecule is CC(C)c1nc(Cl)cc(N2CCCN(C)C(=O)C2)n1. The van der Waals surface area contributed by atoms with Crippen molar-refractivity contribution < 1.29 is 4.79 Å². The van der Waals surface area contributed by atoms with Gasteiger partial charge in [0.15, 0.2) is 0 Å². The molecule has 5 nitrogen and oxygen atoms in total. The average Bonchev–Trinajstić information content (AvgIpc) is 2.51. The van der Waals surface area contributed by atoms with Gasteiger partial charge < -0.3 is 9.80 Å². The number of carbonyl (C=O) groups excluding carboxylic acids is 1. The monoisotopic (exact) mass is 282 g/mol. The first-order valence-corrected chi connectivity index (χ1v) is 6.88. The fourth-order valence-corrected chi connectivity index (χ4v) is 2.21. The molecule has 0 aromatic carbocycles. The second-order valence-electron chi connectivity index (χ2n) is 5.15. The molecule has 104 valence electrons. The summed E-state index contributed by atoms with van der Waals surface area (Å²) in [6.07, 6.45) is 0.931. The van der Waals surface area contributed by atoms with Crippen LogP contribution in [-0.2, 0) is 4.79 Å². The molecule has 0 N–H and O–H groups in total. The number of hydrogen-bond donors (Lipinski definition) is 0. The van der Waals surface area contributed by atoms with Crippen LogP contribution in [0.5, 0.6) is 0 Å². The highest BCUT2D eigenvalue weighted by Crippen LogP contribution is 2.21. The van der Waals surface area contributed by atoms with Crippen LogP contribution in [0.3, 0.4) is 0 Å². The van der Waals surface area contributed by atoms with Crippen molar-refractivity contribution >= 4 is 23.3 Å². The van der Waals surface area contributed by atoms with Crippen LogP contribution in [0.4, 0.5) is 5.82 Å². The van der Waals surface area contributed by atoms with E-state index in [0.717, 1.165) is 25.3 Å². The summed E-state index contributed by atoms with van der Waals surface area (Å²) in [6, 6.07) is 1.73. The van der Waals surface area contributed by atoms with Crippen LogP contribution in [0, 0.1) is 0 Å². The van der Waals surface area contributed by atoms with Crippen LogP contribution in [-0.4, -0.2) is 47.5 Å². The van der Waals surface area contributed by atoms with Crippen molar-refractivity contribution in [3.05, 3.63) is 17.0 Å². The maximum Gasteiger partial charge on any atom is 0.241 e. The third kappa shape index (κ3) is 3.35. The molecule has 1 aliphatic heterocycles. The summed E-state index contributed by atoms with van der Waals surface area (Å²) in [5, 5.41) is 0.429. The van der Waals surface area contributed by atoms with Crippen LogP contribution >= 0.6 is 11.6 Å². The number of amides is 1. The zero-order valence-electron chi connectivity index (χ0n) is 11.6. The molecule has 0 aliphatic carbocycles. The number of nitrogens with zero attached hydrogens (tertiary/aromatic N) is 4. The van der Waals surface area contributed by atoms with Crippen molar-refractivity contribution in [2.24, 2.45) is 0 Å².